The highest BCUT2D eigenvalue weighted by Gasteiger charge is 2.27. The molecule has 1 aliphatic heterocycles. The van der Waals surface area contributed by atoms with Gasteiger partial charge in [-0.15, -0.1) is 0 Å². The summed E-state index contributed by atoms with van der Waals surface area (Å²) in [5.41, 5.74) is 0. The average Bonchev–Trinajstić information content (AvgIpc) is 3.07. The second-order valence-electron chi connectivity index (χ2n) is 5.53. The molecule has 1 saturated heterocycles. The Balaban J connectivity index is 1.62. The van der Waals surface area contributed by atoms with Crippen LogP contribution in [-0.4, -0.2) is 53.6 Å². The Labute approximate surface area is 117 Å². The van der Waals surface area contributed by atoms with Gasteiger partial charge >= 0.3 is 12.0 Å². The van der Waals surface area contributed by atoms with E-state index >= 15 is 0 Å². The zero-order valence-corrected chi connectivity index (χ0v) is 11.4. The highest BCUT2D eigenvalue weighted by atomic mass is 16.4. The van der Waals surface area contributed by atoms with E-state index < -0.39 is 5.97 Å². The first kappa shape index (κ1) is 14.6. The van der Waals surface area contributed by atoms with Crippen LogP contribution in [0.1, 0.15) is 32.1 Å². The molecule has 0 aromatic rings. The zero-order valence-electron chi connectivity index (χ0n) is 11.4. The third-order valence-corrected chi connectivity index (χ3v) is 3.68. The molecule has 0 aromatic carbocycles. The molecule has 0 spiro atoms. The van der Waals surface area contributed by atoms with Crippen LogP contribution in [-0.2, 0) is 9.59 Å². The summed E-state index contributed by atoms with van der Waals surface area (Å²) in [6.45, 7) is 1.20. The Morgan fingerprint density at radius 1 is 1.20 bits per heavy atom. The van der Waals surface area contributed by atoms with Gasteiger partial charge < -0.3 is 20.6 Å². The predicted octanol–water partition coefficient (Wildman–Crippen LogP) is 0.161. The molecule has 7 heteroatoms. The van der Waals surface area contributed by atoms with Crippen molar-refractivity contribution in [1.29, 1.82) is 0 Å². The monoisotopic (exact) mass is 283 g/mol. The molecule has 2 fully saturated rings. The largest absolute Gasteiger partial charge is 0.481 e. The number of nitrogens with zero attached hydrogens (tertiary/aromatic N) is 1. The normalized spacial score (nSPS) is 21.6. The van der Waals surface area contributed by atoms with Crippen molar-refractivity contribution in [2.24, 2.45) is 5.92 Å². The van der Waals surface area contributed by atoms with E-state index in [2.05, 4.69) is 10.6 Å². The first-order valence-electron chi connectivity index (χ1n) is 7.08. The van der Waals surface area contributed by atoms with Crippen molar-refractivity contribution in [2.45, 2.75) is 38.1 Å². The summed E-state index contributed by atoms with van der Waals surface area (Å²) in [5.74, 6) is -0.704. The van der Waals surface area contributed by atoms with Crippen LogP contribution in [0.3, 0.4) is 0 Å². The molecule has 2 rings (SSSR count). The topological polar surface area (TPSA) is 98.7 Å². The van der Waals surface area contributed by atoms with E-state index in [9.17, 15) is 14.4 Å². The number of hydrogen-bond acceptors (Lipinski definition) is 3. The number of carboxylic acid groups (broad SMARTS) is 1. The van der Waals surface area contributed by atoms with E-state index in [-0.39, 0.29) is 30.8 Å². The van der Waals surface area contributed by atoms with Gasteiger partial charge in [0, 0.05) is 25.6 Å². The molecule has 1 atom stereocenters. The summed E-state index contributed by atoms with van der Waals surface area (Å²) in [5, 5.41) is 14.0. The van der Waals surface area contributed by atoms with Gasteiger partial charge in [-0.05, 0) is 31.6 Å². The lowest BCUT2D eigenvalue weighted by atomic mass is 10.0. The van der Waals surface area contributed by atoms with Gasteiger partial charge in [-0.25, -0.2) is 4.79 Å². The highest BCUT2D eigenvalue weighted by molar-refractivity contribution is 5.84. The van der Waals surface area contributed by atoms with Crippen LogP contribution in [0.25, 0.3) is 0 Å². The number of nitrogens with one attached hydrogen (secondary N) is 2. The van der Waals surface area contributed by atoms with Crippen LogP contribution in [0.5, 0.6) is 0 Å². The quantitative estimate of drug-likeness (QED) is 0.646. The van der Waals surface area contributed by atoms with Crippen molar-refractivity contribution in [3.05, 3.63) is 0 Å². The molecule has 1 saturated carbocycles. The number of likely N-dealkylation sites (tertiary alicyclic amines) is 1. The van der Waals surface area contributed by atoms with E-state index in [1.165, 1.54) is 0 Å². The SMILES string of the molecule is O=C(O)CCC1CCN(C(=O)NCC(=O)NC2CC2)C1. The molecular weight excluding hydrogens is 262 g/mol. The molecule has 3 N–H and O–H groups in total. The van der Waals surface area contributed by atoms with Gasteiger partial charge in [0.25, 0.3) is 0 Å². The van der Waals surface area contributed by atoms with Crippen molar-refractivity contribution in [2.75, 3.05) is 19.6 Å². The predicted molar refractivity (Wildman–Crippen MR) is 71.1 cm³/mol. The van der Waals surface area contributed by atoms with Gasteiger partial charge in [-0.2, -0.15) is 0 Å². The van der Waals surface area contributed by atoms with Gasteiger partial charge in [0.05, 0.1) is 6.54 Å². The lowest BCUT2D eigenvalue weighted by Gasteiger charge is -2.17. The molecule has 0 radical (unpaired) electrons. The van der Waals surface area contributed by atoms with Crippen LogP contribution in [0.4, 0.5) is 4.79 Å². The maximum absolute atomic E-state index is 11.9. The zero-order chi connectivity index (χ0) is 14.5. The minimum Gasteiger partial charge on any atom is -0.481 e. The Kier molecular flexibility index (Phi) is 4.81. The van der Waals surface area contributed by atoms with Crippen LogP contribution >= 0.6 is 0 Å². The molecular formula is C13H21N3O4. The second-order valence-corrected chi connectivity index (χ2v) is 5.53. The summed E-state index contributed by atoms with van der Waals surface area (Å²) >= 11 is 0. The third kappa shape index (κ3) is 4.71. The van der Waals surface area contributed by atoms with E-state index in [0.29, 0.717) is 25.6 Å². The molecule has 3 amide bonds. The average molecular weight is 283 g/mol. The smallest absolute Gasteiger partial charge is 0.317 e. The number of carboxylic acids is 1. The highest BCUT2D eigenvalue weighted by Crippen LogP contribution is 2.21. The lowest BCUT2D eigenvalue weighted by Crippen LogP contribution is -2.44. The fourth-order valence-electron chi connectivity index (χ4n) is 2.35. The minimum absolute atomic E-state index is 0.00558. The van der Waals surface area contributed by atoms with Crippen LogP contribution in [0, 0.1) is 5.92 Å². The summed E-state index contributed by atoms with van der Waals surface area (Å²) < 4.78 is 0. The molecule has 20 heavy (non-hydrogen) atoms. The van der Waals surface area contributed by atoms with Gasteiger partial charge in [0.15, 0.2) is 0 Å². The number of rotatable bonds is 6. The lowest BCUT2D eigenvalue weighted by molar-refractivity contribution is -0.137. The van der Waals surface area contributed by atoms with E-state index in [0.717, 1.165) is 19.3 Å². The van der Waals surface area contributed by atoms with Gasteiger partial charge in [0.2, 0.25) is 5.91 Å². The summed E-state index contributed by atoms with van der Waals surface area (Å²) in [7, 11) is 0. The van der Waals surface area contributed by atoms with Crippen molar-refractivity contribution >= 4 is 17.9 Å². The van der Waals surface area contributed by atoms with E-state index in [4.69, 9.17) is 5.11 Å². The molecule has 2 aliphatic rings. The van der Waals surface area contributed by atoms with Crippen molar-refractivity contribution in [1.82, 2.24) is 15.5 Å². The van der Waals surface area contributed by atoms with E-state index in [1.807, 2.05) is 0 Å². The van der Waals surface area contributed by atoms with E-state index in [1.54, 1.807) is 4.90 Å². The van der Waals surface area contributed by atoms with Gasteiger partial charge in [-0.1, -0.05) is 0 Å². The Morgan fingerprint density at radius 3 is 2.60 bits per heavy atom. The molecule has 1 unspecified atom stereocenters. The van der Waals surface area contributed by atoms with Crippen LogP contribution in [0.15, 0.2) is 0 Å². The summed E-state index contributed by atoms with van der Waals surface area (Å²) in [6, 6.07) is 0.0559. The number of urea groups is 1. The van der Waals surface area contributed by atoms with Crippen LogP contribution in [0.2, 0.25) is 0 Å². The Hall–Kier alpha value is -1.79. The molecule has 0 aromatic heterocycles. The minimum atomic E-state index is -0.801. The number of amides is 3. The van der Waals surface area contributed by atoms with Crippen molar-refractivity contribution < 1.29 is 19.5 Å². The molecule has 1 heterocycles. The second kappa shape index (κ2) is 6.58. The maximum Gasteiger partial charge on any atom is 0.317 e. The summed E-state index contributed by atoms with van der Waals surface area (Å²) in [6.07, 6.45) is 3.62. The number of hydrogen-bond donors (Lipinski definition) is 3. The standard InChI is InChI=1S/C13H21N3O4/c17-11(15-10-2-3-10)7-14-13(20)16-6-5-9(8-16)1-4-12(18)19/h9-10H,1-8H2,(H,14,20)(H,15,17)(H,18,19). The third-order valence-electron chi connectivity index (χ3n) is 3.68. The number of aliphatic carboxylic acids is 1. The van der Waals surface area contributed by atoms with Gasteiger partial charge in [-0.3, -0.25) is 9.59 Å². The Bertz CT molecular complexity index is 395. The molecule has 7 nitrogen and oxygen atoms in total. The first-order valence-corrected chi connectivity index (χ1v) is 7.08. The van der Waals surface area contributed by atoms with Gasteiger partial charge in [0.1, 0.15) is 0 Å². The summed E-state index contributed by atoms with van der Waals surface area (Å²) in [4.78, 5) is 35.5. The fourth-order valence-corrected chi connectivity index (χ4v) is 2.35. The first-order chi connectivity index (χ1) is 9.54. The Morgan fingerprint density at radius 2 is 1.95 bits per heavy atom. The number of carbonyl (C=O) groups is 3. The van der Waals surface area contributed by atoms with Crippen LogP contribution < -0.4 is 10.6 Å². The molecule has 1 aliphatic carbocycles. The van der Waals surface area contributed by atoms with Crippen molar-refractivity contribution in [3.63, 3.8) is 0 Å². The van der Waals surface area contributed by atoms with Crippen molar-refractivity contribution in [3.8, 4) is 0 Å². The maximum atomic E-state index is 11.9. The molecule has 0 bridgehead atoms. The fraction of sp³-hybridized carbons (Fsp3) is 0.769. The molecule has 112 valence electrons. The number of carbonyl (C=O) groups excluding carboxylic acids is 2.